The summed E-state index contributed by atoms with van der Waals surface area (Å²) < 4.78 is 16.9. The molecule has 3 saturated carbocycles. The van der Waals surface area contributed by atoms with Gasteiger partial charge >= 0.3 is 0 Å². The van der Waals surface area contributed by atoms with E-state index in [4.69, 9.17) is 0 Å². The topological polar surface area (TPSA) is 115 Å². The molecule has 6 nitrogen and oxygen atoms in total. The van der Waals surface area contributed by atoms with Crippen molar-refractivity contribution in [1.29, 1.82) is 0 Å². The summed E-state index contributed by atoms with van der Waals surface area (Å²) in [5.74, 6) is -2.89. The summed E-state index contributed by atoms with van der Waals surface area (Å²) in [5, 5.41) is 42.8. The van der Waals surface area contributed by atoms with E-state index < -0.39 is 64.5 Å². The first-order valence-electron chi connectivity index (χ1n) is 10.2. The largest absolute Gasteiger partial charge is 0.390 e. The number of rotatable bonds is 2. The van der Waals surface area contributed by atoms with Crippen LogP contribution in [0.15, 0.2) is 23.8 Å². The molecule has 0 aliphatic heterocycles. The molecule has 160 valence electrons. The predicted octanol–water partition coefficient (Wildman–Crippen LogP) is 0.866. The quantitative estimate of drug-likeness (QED) is 0.539. The van der Waals surface area contributed by atoms with Crippen molar-refractivity contribution >= 4 is 11.6 Å². The average Bonchev–Trinajstić information content (AvgIpc) is 2.86. The summed E-state index contributed by atoms with van der Waals surface area (Å²) in [4.78, 5) is 24.4. The number of aliphatic hydroxyl groups excluding tert-OH is 3. The van der Waals surface area contributed by atoms with Crippen LogP contribution in [-0.2, 0) is 9.59 Å². The van der Waals surface area contributed by atoms with Gasteiger partial charge in [-0.3, -0.25) is 9.59 Å². The first-order chi connectivity index (χ1) is 13.4. The first-order valence-corrected chi connectivity index (χ1v) is 10.2. The van der Waals surface area contributed by atoms with Crippen molar-refractivity contribution in [2.24, 2.45) is 28.6 Å². The lowest BCUT2D eigenvalue weighted by atomic mass is 9.44. The molecule has 0 aromatic heterocycles. The normalized spacial score (nSPS) is 53.7. The molecule has 9 atom stereocenters. The molecule has 0 unspecified atom stereocenters. The van der Waals surface area contributed by atoms with Crippen LogP contribution < -0.4 is 0 Å². The van der Waals surface area contributed by atoms with Crippen LogP contribution >= 0.6 is 0 Å². The van der Waals surface area contributed by atoms with Crippen molar-refractivity contribution in [2.75, 3.05) is 6.61 Å². The Kier molecular flexibility index (Phi) is 4.36. The summed E-state index contributed by atoms with van der Waals surface area (Å²) in [5.41, 5.74) is -6.28. The van der Waals surface area contributed by atoms with E-state index in [1.165, 1.54) is 18.2 Å². The maximum Gasteiger partial charge on any atom is 0.190 e. The SMILES string of the molecule is C[C@H]1C[C@@H]2[C@@H]3C[C@@H](O)C4=CC(=O)C=C[C@]4(C)[C@]3(F)[C@@H](O)C[C@]2(C)[C@]1(O)C(=O)CO. The lowest BCUT2D eigenvalue weighted by Crippen LogP contribution is -2.70. The average molecular weight is 408 g/mol. The summed E-state index contributed by atoms with van der Waals surface area (Å²) >= 11 is 0. The highest BCUT2D eigenvalue weighted by Gasteiger charge is 2.76. The van der Waals surface area contributed by atoms with Gasteiger partial charge in [0.1, 0.15) is 12.2 Å². The minimum Gasteiger partial charge on any atom is -0.390 e. The van der Waals surface area contributed by atoms with E-state index in [1.54, 1.807) is 20.8 Å². The number of hydrogen-bond donors (Lipinski definition) is 4. The fourth-order valence-electron chi connectivity index (χ4n) is 7.30. The van der Waals surface area contributed by atoms with Gasteiger partial charge in [-0.25, -0.2) is 4.39 Å². The van der Waals surface area contributed by atoms with Gasteiger partial charge in [0.15, 0.2) is 17.2 Å². The van der Waals surface area contributed by atoms with Crippen LogP contribution in [0.25, 0.3) is 0 Å². The van der Waals surface area contributed by atoms with Crippen LogP contribution in [0.4, 0.5) is 4.39 Å². The minimum atomic E-state index is -2.16. The molecule has 29 heavy (non-hydrogen) atoms. The number of carbonyl (C=O) groups is 2. The van der Waals surface area contributed by atoms with E-state index in [2.05, 4.69) is 0 Å². The van der Waals surface area contributed by atoms with Crippen LogP contribution in [0, 0.1) is 28.6 Å². The molecule has 4 aliphatic carbocycles. The summed E-state index contributed by atoms with van der Waals surface area (Å²) in [6, 6.07) is 0. The Hall–Kier alpha value is -1.41. The zero-order valence-corrected chi connectivity index (χ0v) is 16.9. The molecule has 4 rings (SSSR count). The standard InChI is InChI=1S/C22H29FO6/c1-11-6-13-14-8-16(26)15-7-12(25)4-5-19(15,2)21(14,23)17(27)9-20(13,3)22(11,29)18(28)10-24/h4-5,7,11,13-14,16-17,24,26-27,29H,6,8-10H2,1-3H3/t11-,13+,14-,16+,17-,19-,20-,21+,22+/m0/s1. The maximum absolute atomic E-state index is 16.9. The molecular formula is C22H29FO6. The lowest BCUT2D eigenvalue weighted by Gasteiger charge is -2.63. The molecule has 0 aromatic carbocycles. The van der Waals surface area contributed by atoms with E-state index in [9.17, 15) is 30.0 Å². The van der Waals surface area contributed by atoms with Crippen molar-refractivity contribution < 1.29 is 34.4 Å². The molecular weight excluding hydrogens is 379 g/mol. The molecule has 0 heterocycles. The van der Waals surface area contributed by atoms with Crippen molar-refractivity contribution in [1.82, 2.24) is 0 Å². The second kappa shape index (κ2) is 6.06. The Morgan fingerprint density at radius 2 is 1.90 bits per heavy atom. The van der Waals surface area contributed by atoms with Gasteiger partial charge in [0.2, 0.25) is 0 Å². The zero-order chi connectivity index (χ0) is 21.6. The second-order valence-electron chi connectivity index (χ2n) is 9.89. The number of carbonyl (C=O) groups excluding carboxylic acids is 2. The molecule has 4 N–H and O–H groups in total. The highest BCUT2D eigenvalue weighted by Crippen LogP contribution is 2.70. The van der Waals surface area contributed by atoms with Crippen LogP contribution in [0.2, 0.25) is 0 Å². The Balaban J connectivity index is 1.87. The number of hydrogen-bond acceptors (Lipinski definition) is 6. The number of halogens is 1. The summed E-state index contributed by atoms with van der Waals surface area (Å²) in [6.45, 7) is 4.14. The highest BCUT2D eigenvalue weighted by molar-refractivity contribution is 6.01. The predicted molar refractivity (Wildman–Crippen MR) is 101 cm³/mol. The number of Topliss-reactive ketones (excluding diaryl/α,β-unsaturated/α-hetero) is 1. The fraction of sp³-hybridized carbons (Fsp3) is 0.727. The van der Waals surface area contributed by atoms with E-state index in [-0.39, 0.29) is 24.2 Å². The van der Waals surface area contributed by atoms with Gasteiger partial charge in [-0.1, -0.05) is 19.9 Å². The van der Waals surface area contributed by atoms with Crippen LogP contribution in [0.5, 0.6) is 0 Å². The number of ketones is 2. The molecule has 3 fully saturated rings. The van der Waals surface area contributed by atoms with E-state index >= 15 is 4.39 Å². The monoisotopic (exact) mass is 408 g/mol. The van der Waals surface area contributed by atoms with Crippen molar-refractivity contribution in [2.45, 2.75) is 63.5 Å². The number of allylic oxidation sites excluding steroid dienone is 3. The van der Waals surface area contributed by atoms with Gasteiger partial charge in [0.25, 0.3) is 0 Å². The summed E-state index contributed by atoms with van der Waals surface area (Å²) in [7, 11) is 0. The maximum atomic E-state index is 16.9. The van der Waals surface area contributed by atoms with Crippen LogP contribution in [-0.4, -0.2) is 62.1 Å². The Morgan fingerprint density at radius 3 is 2.52 bits per heavy atom. The lowest BCUT2D eigenvalue weighted by molar-refractivity contribution is -0.226. The third-order valence-corrected chi connectivity index (χ3v) is 8.82. The van der Waals surface area contributed by atoms with Gasteiger partial charge < -0.3 is 20.4 Å². The van der Waals surface area contributed by atoms with Gasteiger partial charge in [-0.2, -0.15) is 0 Å². The number of aliphatic hydroxyl groups is 4. The molecule has 0 radical (unpaired) electrons. The molecule has 4 aliphatic rings. The smallest absolute Gasteiger partial charge is 0.190 e. The molecule has 0 spiro atoms. The molecule has 0 aromatic rings. The van der Waals surface area contributed by atoms with Crippen LogP contribution in [0.3, 0.4) is 0 Å². The van der Waals surface area contributed by atoms with E-state index in [0.717, 1.165) is 0 Å². The van der Waals surface area contributed by atoms with E-state index in [0.29, 0.717) is 6.42 Å². The second-order valence-corrected chi connectivity index (χ2v) is 9.89. The van der Waals surface area contributed by atoms with Crippen molar-refractivity contribution in [3.05, 3.63) is 23.8 Å². The Morgan fingerprint density at radius 1 is 1.24 bits per heavy atom. The molecule has 7 heteroatoms. The Bertz CT molecular complexity index is 837. The summed E-state index contributed by atoms with van der Waals surface area (Å²) in [6.07, 6.45) is 1.56. The third-order valence-electron chi connectivity index (χ3n) is 8.82. The van der Waals surface area contributed by atoms with Crippen molar-refractivity contribution in [3.8, 4) is 0 Å². The number of alkyl halides is 1. The third kappa shape index (κ3) is 2.19. The number of fused-ring (bicyclic) bond motifs is 5. The molecule has 0 bridgehead atoms. The zero-order valence-electron chi connectivity index (χ0n) is 16.9. The van der Waals surface area contributed by atoms with Gasteiger partial charge in [0.05, 0.1) is 12.2 Å². The van der Waals surface area contributed by atoms with Crippen molar-refractivity contribution in [3.63, 3.8) is 0 Å². The minimum absolute atomic E-state index is 0.00746. The highest BCUT2D eigenvalue weighted by atomic mass is 19.1. The van der Waals surface area contributed by atoms with Crippen LogP contribution in [0.1, 0.15) is 40.0 Å². The van der Waals surface area contributed by atoms with Gasteiger partial charge in [-0.05, 0) is 55.7 Å². The van der Waals surface area contributed by atoms with E-state index in [1.807, 2.05) is 0 Å². The van der Waals surface area contributed by atoms with Gasteiger partial charge in [-0.15, -0.1) is 0 Å². The first kappa shape index (κ1) is 20.8. The molecule has 0 saturated heterocycles. The Labute approximate surface area is 169 Å². The fourth-order valence-corrected chi connectivity index (χ4v) is 7.30. The molecule has 0 amide bonds. The van der Waals surface area contributed by atoms with Gasteiger partial charge in [0, 0.05) is 16.7 Å².